The number of carbonyl (C=O) groups excluding carboxylic acids is 3. The Morgan fingerprint density at radius 2 is 1.83 bits per heavy atom. The second kappa shape index (κ2) is 6.07. The highest BCUT2D eigenvalue weighted by Crippen LogP contribution is 2.56. The van der Waals surface area contributed by atoms with Gasteiger partial charge in [-0.15, -0.1) is 0 Å². The molecule has 5 atom stereocenters. The molecule has 1 fully saturated rings. The lowest BCUT2D eigenvalue weighted by Crippen LogP contribution is -2.63. The van der Waals surface area contributed by atoms with E-state index in [0.717, 1.165) is 0 Å². The summed E-state index contributed by atoms with van der Waals surface area (Å²) in [7, 11) is 0. The Morgan fingerprint density at radius 1 is 1.20 bits per heavy atom. The molecule has 0 saturated heterocycles. The number of nitrogens with two attached hydrogens (primary N) is 2. The number of fused-ring (bicyclic) bond motifs is 3. The molecule has 3 aliphatic carbocycles. The number of anilines is 1. The van der Waals surface area contributed by atoms with Crippen molar-refractivity contribution >= 4 is 28.9 Å². The average molecular weight is 416 g/mol. The van der Waals surface area contributed by atoms with Crippen LogP contribution in [-0.2, 0) is 14.4 Å². The van der Waals surface area contributed by atoms with Crippen LogP contribution in [0.4, 0.5) is 5.69 Å². The molecule has 5 unspecified atom stereocenters. The van der Waals surface area contributed by atoms with Crippen LogP contribution in [0, 0.1) is 11.8 Å². The number of hydrogen-bond donors (Lipinski definition) is 7. The minimum absolute atomic E-state index is 0.123. The van der Waals surface area contributed by atoms with Gasteiger partial charge >= 0.3 is 0 Å². The molecule has 0 radical (unpaired) electrons. The molecule has 4 rings (SSSR count). The van der Waals surface area contributed by atoms with Gasteiger partial charge in [0, 0.05) is 29.5 Å². The van der Waals surface area contributed by atoms with Crippen molar-refractivity contribution < 1.29 is 39.9 Å². The molecule has 0 spiro atoms. The minimum Gasteiger partial charge on any atom is -0.508 e. The number of hydrogen-bond acceptors (Lipinski definition) is 9. The van der Waals surface area contributed by atoms with Crippen molar-refractivity contribution in [3.8, 4) is 5.75 Å². The van der Waals surface area contributed by atoms with Gasteiger partial charge in [0.05, 0.1) is 11.7 Å². The predicted octanol–water partition coefficient (Wildman–Crippen LogP) is -0.462. The lowest BCUT2D eigenvalue weighted by atomic mass is 9.55. The number of benzene rings is 1. The van der Waals surface area contributed by atoms with E-state index in [9.17, 15) is 39.9 Å². The number of phenolic OH excluding ortho intramolecular Hbond substituents is 1. The van der Waals surface area contributed by atoms with Crippen molar-refractivity contribution in [2.45, 2.75) is 31.0 Å². The summed E-state index contributed by atoms with van der Waals surface area (Å²) < 4.78 is 0. The van der Waals surface area contributed by atoms with Gasteiger partial charge in [-0.05, 0) is 23.6 Å². The summed E-state index contributed by atoms with van der Waals surface area (Å²) in [5.41, 5.74) is 7.30. The van der Waals surface area contributed by atoms with Crippen molar-refractivity contribution in [3.63, 3.8) is 0 Å². The smallest absolute Gasteiger partial charge is 0.255 e. The highest BCUT2D eigenvalue weighted by atomic mass is 16.4. The topological polar surface area (TPSA) is 204 Å². The molecule has 30 heavy (non-hydrogen) atoms. The second-order valence-electron chi connectivity index (χ2n) is 7.95. The normalized spacial score (nSPS) is 33.2. The quantitative estimate of drug-likeness (QED) is 0.179. The van der Waals surface area contributed by atoms with Crippen molar-refractivity contribution in [1.82, 2.24) is 0 Å². The number of ketones is 2. The first-order valence-electron chi connectivity index (χ1n) is 9.21. The number of Topliss-reactive ketones (excluding diaryl/α,β-unsaturated/α-hetero) is 2. The number of amides is 1. The Hall–Kier alpha value is -3.37. The maximum absolute atomic E-state index is 13.4. The summed E-state index contributed by atoms with van der Waals surface area (Å²) in [6.45, 7) is 1.61. The Labute approximate surface area is 169 Å². The second-order valence-corrected chi connectivity index (χ2v) is 7.95. The number of nitrogen functional groups attached to an aromatic ring is 1. The van der Waals surface area contributed by atoms with E-state index in [1.54, 1.807) is 6.92 Å². The van der Waals surface area contributed by atoms with Gasteiger partial charge in [0.2, 0.25) is 5.78 Å². The Kier molecular flexibility index (Phi) is 4.03. The number of phenols is 1. The van der Waals surface area contributed by atoms with E-state index in [4.69, 9.17) is 11.5 Å². The van der Waals surface area contributed by atoms with Gasteiger partial charge in [-0.25, -0.2) is 0 Å². The van der Waals surface area contributed by atoms with Gasteiger partial charge in [0.15, 0.2) is 11.4 Å². The van der Waals surface area contributed by atoms with Gasteiger partial charge in [-0.2, -0.15) is 0 Å². The summed E-state index contributed by atoms with van der Waals surface area (Å²) in [5.74, 6) is -9.04. The molecule has 3 aliphatic rings. The van der Waals surface area contributed by atoms with Crippen molar-refractivity contribution in [2.75, 3.05) is 5.73 Å². The Balaban J connectivity index is 2.04. The van der Waals surface area contributed by atoms with Crippen LogP contribution in [-0.4, -0.2) is 54.7 Å². The summed E-state index contributed by atoms with van der Waals surface area (Å²) in [5, 5.41) is 53.8. The van der Waals surface area contributed by atoms with Crippen LogP contribution >= 0.6 is 0 Å². The average Bonchev–Trinajstić information content (AvgIpc) is 2.66. The van der Waals surface area contributed by atoms with E-state index in [-0.39, 0.29) is 17.0 Å². The van der Waals surface area contributed by atoms with Crippen LogP contribution < -0.4 is 11.5 Å². The maximum atomic E-state index is 13.4. The van der Waals surface area contributed by atoms with Crippen molar-refractivity contribution in [2.24, 2.45) is 17.6 Å². The highest BCUT2D eigenvalue weighted by molar-refractivity contribution is 6.23. The zero-order chi connectivity index (χ0) is 22.3. The van der Waals surface area contributed by atoms with Crippen molar-refractivity contribution in [3.05, 3.63) is 40.2 Å². The molecule has 158 valence electrons. The molecule has 10 heteroatoms. The number of rotatable bonds is 1. The van der Waals surface area contributed by atoms with Crippen LogP contribution in [0.1, 0.15) is 30.4 Å². The molecule has 9 N–H and O–H groups in total. The van der Waals surface area contributed by atoms with E-state index in [1.165, 1.54) is 12.1 Å². The maximum Gasteiger partial charge on any atom is 0.255 e. The van der Waals surface area contributed by atoms with Gasteiger partial charge in [-0.3, -0.25) is 14.4 Å². The number of aromatic hydroxyl groups is 1. The first kappa shape index (κ1) is 19.9. The van der Waals surface area contributed by atoms with Crippen LogP contribution in [0.15, 0.2) is 29.0 Å². The first-order valence-corrected chi connectivity index (χ1v) is 9.21. The predicted molar refractivity (Wildman–Crippen MR) is 102 cm³/mol. The standard InChI is InChI=1S/C20H20N2O8/c1-5-10-7(21)2-3-8(23)12(10)16(26)14-11(5)15(25)6-4-9(24)13(19(22)29)17(27)20(6,30)18(14)28/h2-3,5-6,11,15,23,25-27,30H,4,21H2,1H3,(H2,22,29). The van der Waals surface area contributed by atoms with Crippen LogP contribution in [0.3, 0.4) is 0 Å². The third kappa shape index (κ3) is 2.17. The Morgan fingerprint density at radius 3 is 2.43 bits per heavy atom. The molecular formula is C20H20N2O8. The van der Waals surface area contributed by atoms with Crippen LogP contribution in [0.2, 0.25) is 0 Å². The fraction of sp³-hybridized carbons (Fsp3) is 0.350. The van der Waals surface area contributed by atoms with Gasteiger partial charge in [0.25, 0.3) is 5.91 Å². The molecule has 1 amide bonds. The van der Waals surface area contributed by atoms with E-state index in [2.05, 4.69) is 0 Å². The van der Waals surface area contributed by atoms with E-state index >= 15 is 0 Å². The van der Waals surface area contributed by atoms with Gasteiger partial charge < -0.3 is 37.0 Å². The molecule has 0 bridgehead atoms. The summed E-state index contributed by atoms with van der Waals surface area (Å²) >= 11 is 0. The lowest BCUT2D eigenvalue weighted by Gasteiger charge is -2.50. The number of carbonyl (C=O) groups is 3. The highest BCUT2D eigenvalue weighted by Gasteiger charge is 2.65. The molecule has 10 nitrogen and oxygen atoms in total. The number of aliphatic hydroxyl groups excluding tert-OH is 3. The van der Waals surface area contributed by atoms with Crippen molar-refractivity contribution in [1.29, 1.82) is 0 Å². The van der Waals surface area contributed by atoms with E-state index < -0.39 is 76.0 Å². The number of primary amides is 1. The zero-order valence-corrected chi connectivity index (χ0v) is 15.8. The molecule has 0 aromatic heterocycles. The number of aliphatic hydroxyl groups is 4. The molecule has 1 aromatic carbocycles. The Bertz CT molecular complexity index is 1100. The van der Waals surface area contributed by atoms with E-state index in [1.807, 2.05) is 0 Å². The summed E-state index contributed by atoms with van der Waals surface area (Å²) in [4.78, 5) is 37.3. The third-order valence-electron chi connectivity index (χ3n) is 6.51. The largest absolute Gasteiger partial charge is 0.508 e. The monoisotopic (exact) mass is 416 g/mol. The molecule has 0 heterocycles. The minimum atomic E-state index is -2.84. The molecule has 1 aromatic rings. The SMILES string of the molecule is CC1c2c(N)ccc(O)c2C(O)=C2C(=O)C3(O)C(O)=C(C(N)=O)C(=O)CC3C(O)C21. The van der Waals surface area contributed by atoms with E-state index in [0.29, 0.717) is 5.56 Å². The molecule has 0 aliphatic heterocycles. The fourth-order valence-electron chi connectivity index (χ4n) is 5.11. The first-order chi connectivity index (χ1) is 13.9. The van der Waals surface area contributed by atoms with Crippen LogP contribution in [0.5, 0.6) is 5.75 Å². The fourth-order valence-corrected chi connectivity index (χ4v) is 5.11. The van der Waals surface area contributed by atoms with Gasteiger partial charge in [-0.1, -0.05) is 6.92 Å². The lowest BCUT2D eigenvalue weighted by molar-refractivity contribution is -0.160. The summed E-state index contributed by atoms with van der Waals surface area (Å²) in [6.07, 6.45) is -2.19. The molecule has 1 saturated carbocycles. The van der Waals surface area contributed by atoms with Gasteiger partial charge in [0.1, 0.15) is 22.8 Å². The third-order valence-corrected chi connectivity index (χ3v) is 6.51. The molecular weight excluding hydrogens is 396 g/mol. The summed E-state index contributed by atoms with van der Waals surface area (Å²) in [6, 6.07) is 2.63. The van der Waals surface area contributed by atoms with Crippen LogP contribution in [0.25, 0.3) is 5.76 Å². The zero-order valence-electron chi connectivity index (χ0n) is 15.8.